The normalized spacial score (nSPS) is 23.5. The summed E-state index contributed by atoms with van der Waals surface area (Å²) in [5.41, 5.74) is 0. The van der Waals surface area contributed by atoms with Gasteiger partial charge < -0.3 is 15.0 Å². The lowest BCUT2D eigenvalue weighted by Gasteiger charge is -2.21. The minimum absolute atomic E-state index is 0.334. The fourth-order valence-corrected chi connectivity index (χ4v) is 2.38. The molecular weight excluding hydrogens is 212 g/mol. The van der Waals surface area contributed by atoms with Gasteiger partial charge >= 0.3 is 0 Å². The topological polar surface area (TPSA) is 24.5 Å². The number of nitrogens with one attached hydrogen (secondary N) is 1. The van der Waals surface area contributed by atoms with Crippen LogP contribution in [0, 0.1) is 5.92 Å². The van der Waals surface area contributed by atoms with E-state index in [1.807, 2.05) is 0 Å². The van der Waals surface area contributed by atoms with Gasteiger partial charge in [0.1, 0.15) is 0 Å². The molecule has 0 aromatic carbocycles. The molecule has 1 aliphatic rings. The zero-order chi connectivity index (χ0) is 12.7. The zero-order valence-corrected chi connectivity index (χ0v) is 12.0. The van der Waals surface area contributed by atoms with Gasteiger partial charge in [-0.05, 0) is 52.2 Å². The summed E-state index contributed by atoms with van der Waals surface area (Å²) >= 11 is 0. The molecule has 1 N–H and O–H groups in total. The number of hydrogen-bond acceptors (Lipinski definition) is 3. The third kappa shape index (κ3) is 6.39. The zero-order valence-electron chi connectivity index (χ0n) is 12.0. The quantitative estimate of drug-likeness (QED) is 0.705. The highest BCUT2D eigenvalue weighted by Gasteiger charge is 2.20. The van der Waals surface area contributed by atoms with Gasteiger partial charge in [-0.15, -0.1) is 0 Å². The van der Waals surface area contributed by atoms with Crippen LogP contribution in [0.3, 0.4) is 0 Å². The molecule has 3 heteroatoms. The van der Waals surface area contributed by atoms with E-state index in [1.165, 1.54) is 25.8 Å². The SMILES string of the molecule is CC(C)CNCC(C)OCCC1CCCN1C. The van der Waals surface area contributed by atoms with Crippen LogP contribution in [0.2, 0.25) is 0 Å². The van der Waals surface area contributed by atoms with E-state index in [0.29, 0.717) is 12.0 Å². The number of likely N-dealkylation sites (tertiary alicyclic amines) is 1. The minimum atomic E-state index is 0.334. The molecule has 17 heavy (non-hydrogen) atoms. The van der Waals surface area contributed by atoms with E-state index < -0.39 is 0 Å². The van der Waals surface area contributed by atoms with E-state index in [0.717, 1.165) is 25.7 Å². The molecule has 2 unspecified atom stereocenters. The first-order valence-corrected chi connectivity index (χ1v) is 7.12. The van der Waals surface area contributed by atoms with Crippen molar-refractivity contribution in [3.8, 4) is 0 Å². The fourth-order valence-electron chi connectivity index (χ4n) is 2.38. The van der Waals surface area contributed by atoms with Gasteiger partial charge in [-0.25, -0.2) is 0 Å². The maximum Gasteiger partial charge on any atom is 0.0671 e. The van der Waals surface area contributed by atoms with Crippen LogP contribution >= 0.6 is 0 Å². The Morgan fingerprint density at radius 2 is 2.06 bits per heavy atom. The Bertz CT molecular complexity index is 197. The first-order valence-electron chi connectivity index (χ1n) is 7.12. The largest absolute Gasteiger partial charge is 0.377 e. The van der Waals surface area contributed by atoms with Gasteiger partial charge in [0.15, 0.2) is 0 Å². The summed E-state index contributed by atoms with van der Waals surface area (Å²) in [4.78, 5) is 2.46. The van der Waals surface area contributed by atoms with Gasteiger partial charge in [0.05, 0.1) is 6.10 Å². The second kappa shape index (κ2) is 8.06. The third-order valence-electron chi connectivity index (χ3n) is 3.51. The molecule has 0 radical (unpaired) electrons. The van der Waals surface area contributed by atoms with Gasteiger partial charge in [0.2, 0.25) is 0 Å². The smallest absolute Gasteiger partial charge is 0.0671 e. The Morgan fingerprint density at radius 1 is 1.29 bits per heavy atom. The van der Waals surface area contributed by atoms with Crippen molar-refractivity contribution in [2.45, 2.75) is 52.2 Å². The minimum Gasteiger partial charge on any atom is -0.377 e. The average molecular weight is 242 g/mol. The lowest BCUT2D eigenvalue weighted by molar-refractivity contribution is 0.0535. The number of rotatable bonds is 8. The van der Waals surface area contributed by atoms with Gasteiger partial charge in [0.25, 0.3) is 0 Å². The summed E-state index contributed by atoms with van der Waals surface area (Å²) in [6.45, 7) is 10.8. The summed E-state index contributed by atoms with van der Waals surface area (Å²) in [6.07, 6.45) is 4.22. The molecule has 1 heterocycles. The Hall–Kier alpha value is -0.120. The Morgan fingerprint density at radius 3 is 2.65 bits per heavy atom. The van der Waals surface area contributed by atoms with E-state index in [1.54, 1.807) is 0 Å². The number of hydrogen-bond donors (Lipinski definition) is 1. The molecule has 0 aliphatic carbocycles. The molecule has 0 saturated carbocycles. The molecule has 1 aliphatic heterocycles. The summed E-state index contributed by atoms with van der Waals surface area (Å²) < 4.78 is 5.84. The molecule has 1 fully saturated rings. The van der Waals surface area contributed by atoms with Crippen molar-refractivity contribution in [3.63, 3.8) is 0 Å². The van der Waals surface area contributed by atoms with Crippen molar-refractivity contribution >= 4 is 0 Å². The number of ether oxygens (including phenoxy) is 1. The molecule has 0 spiro atoms. The fraction of sp³-hybridized carbons (Fsp3) is 1.00. The maximum atomic E-state index is 5.84. The molecule has 0 aromatic rings. The van der Waals surface area contributed by atoms with Crippen molar-refractivity contribution in [2.24, 2.45) is 5.92 Å². The Labute approximate surface area is 107 Å². The summed E-state index contributed by atoms with van der Waals surface area (Å²) in [5.74, 6) is 0.717. The maximum absolute atomic E-state index is 5.84. The highest BCUT2D eigenvalue weighted by molar-refractivity contribution is 4.75. The summed E-state index contributed by atoms with van der Waals surface area (Å²) in [6, 6.07) is 0.755. The van der Waals surface area contributed by atoms with E-state index in [4.69, 9.17) is 4.74 Å². The molecule has 0 aromatic heterocycles. The highest BCUT2D eigenvalue weighted by Crippen LogP contribution is 2.17. The number of nitrogens with zero attached hydrogens (tertiary/aromatic N) is 1. The van der Waals surface area contributed by atoms with Crippen LogP contribution in [0.5, 0.6) is 0 Å². The first-order chi connectivity index (χ1) is 8.09. The molecule has 0 bridgehead atoms. The molecule has 1 rings (SSSR count). The van der Waals surface area contributed by atoms with Crippen LogP contribution < -0.4 is 5.32 Å². The Balaban J connectivity index is 1.98. The predicted molar refractivity (Wildman–Crippen MR) is 73.4 cm³/mol. The average Bonchev–Trinajstić information content (AvgIpc) is 2.64. The molecular formula is C14H30N2O. The lowest BCUT2D eigenvalue weighted by atomic mass is 10.1. The van der Waals surface area contributed by atoms with E-state index in [2.05, 4.69) is 38.0 Å². The van der Waals surface area contributed by atoms with Crippen LogP contribution in [0.1, 0.15) is 40.0 Å². The predicted octanol–water partition coefficient (Wildman–Crippen LogP) is 2.12. The third-order valence-corrected chi connectivity index (χ3v) is 3.51. The Kier molecular flexibility index (Phi) is 7.09. The van der Waals surface area contributed by atoms with Gasteiger partial charge in [0, 0.05) is 19.2 Å². The monoisotopic (exact) mass is 242 g/mol. The van der Waals surface area contributed by atoms with Crippen LogP contribution in [-0.4, -0.2) is 50.3 Å². The van der Waals surface area contributed by atoms with Gasteiger partial charge in [-0.3, -0.25) is 0 Å². The highest BCUT2D eigenvalue weighted by atomic mass is 16.5. The van der Waals surface area contributed by atoms with Gasteiger partial charge in [-0.1, -0.05) is 13.8 Å². The molecule has 102 valence electrons. The van der Waals surface area contributed by atoms with E-state index >= 15 is 0 Å². The van der Waals surface area contributed by atoms with Crippen molar-refractivity contribution in [2.75, 3.05) is 33.3 Å². The van der Waals surface area contributed by atoms with Crippen molar-refractivity contribution in [1.82, 2.24) is 10.2 Å². The van der Waals surface area contributed by atoms with Crippen molar-refractivity contribution in [3.05, 3.63) is 0 Å². The van der Waals surface area contributed by atoms with E-state index in [-0.39, 0.29) is 0 Å². The second-order valence-electron chi connectivity index (χ2n) is 5.80. The summed E-state index contributed by atoms with van der Waals surface area (Å²) in [5, 5.41) is 3.44. The molecule has 3 nitrogen and oxygen atoms in total. The molecule has 2 atom stereocenters. The van der Waals surface area contributed by atoms with Gasteiger partial charge in [-0.2, -0.15) is 0 Å². The second-order valence-corrected chi connectivity index (χ2v) is 5.80. The van der Waals surface area contributed by atoms with Crippen LogP contribution in [0.15, 0.2) is 0 Å². The summed E-state index contributed by atoms with van der Waals surface area (Å²) in [7, 11) is 2.23. The molecule has 1 saturated heterocycles. The van der Waals surface area contributed by atoms with Crippen molar-refractivity contribution < 1.29 is 4.74 Å². The van der Waals surface area contributed by atoms with E-state index in [9.17, 15) is 0 Å². The first kappa shape index (κ1) is 14.9. The van der Waals surface area contributed by atoms with Crippen LogP contribution in [0.25, 0.3) is 0 Å². The lowest BCUT2D eigenvalue weighted by Crippen LogP contribution is -2.31. The van der Waals surface area contributed by atoms with Crippen LogP contribution in [0.4, 0.5) is 0 Å². The molecule has 0 amide bonds. The standard InChI is InChI=1S/C14H30N2O/c1-12(2)10-15-11-13(3)17-9-7-14-6-5-8-16(14)4/h12-15H,5-11H2,1-4H3. The van der Waals surface area contributed by atoms with Crippen molar-refractivity contribution in [1.29, 1.82) is 0 Å². The van der Waals surface area contributed by atoms with Crippen LogP contribution in [-0.2, 0) is 4.74 Å².